The van der Waals surface area contributed by atoms with E-state index in [1.54, 1.807) is 19.4 Å². The molecule has 3 rings (SSSR count). The number of hydrogen-bond donors (Lipinski definition) is 2. The van der Waals surface area contributed by atoms with E-state index in [-0.39, 0.29) is 0 Å². The Morgan fingerprint density at radius 1 is 1.27 bits per heavy atom. The first-order valence-electron chi connectivity index (χ1n) is 8.70. The SMILES string of the molecule is COc1ccc(CN2CC[C@H](O)[C@](Cc3ccccc3)(C(=O)O)C2)cn1. The van der Waals surface area contributed by atoms with Crippen molar-refractivity contribution in [1.29, 1.82) is 0 Å². The topological polar surface area (TPSA) is 82.9 Å². The van der Waals surface area contributed by atoms with Gasteiger partial charge >= 0.3 is 5.97 Å². The zero-order valence-corrected chi connectivity index (χ0v) is 14.8. The Kier molecular flexibility index (Phi) is 5.54. The van der Waals surface area contributed by atoms with Gasteiger partial charge in [0.25, 0.3) is 0 Å². The quantitative estimate of drug-likeness (QED) is 0.823. The molecule has 0 radical (unpaired) electrons. The van der Waals surface area contributed by atoms with Gasteiger partial charge in [0, 0.05) is 31.9 Å². The number of aliphatic carboxylic acids is 1. The lowest BCUT2D eigenvalue weighted by molar-refractivity contribution is -0.163. The number of pyridine rings is 1. The van der Waals surface area contributed by atoms with Crippen molar-refractivity contribution in [3.63, 3.8) is 0 Å². The smallest absolute Gasteiger partial charge is 0.313 e. The number of methoxy groups -OCH3 is 1. The summed E-state index contributed by atoms with van der Waals surface area (Å²) in [6.07, 6.45) is 1.61. The van der Waals surface area contributed by atoms with Gasteiger partial charge in [-0.2, -0.15) is 0 Å². The second-order valence-electron chi connectivity index (χ2n) is 6.85. The summed E-state index contributed by atoms with van der Waals surface area (Å²) in [6.45, 7) is 1.54. The van der Waals surface area contributed by atoms with Gasteiger partial charge in [0.1, 0.15) is 5.41 Å². The number of carboxylic acid groups (broad SMARTS) is 1. The number of nitrogens with zero attached hydrogens (tertiary/aromatic N) is 2. The molecule has 138 valence electrons. The first-order valence-corrected chi connectivity index (χ1v) is 8.70. The molecule has 0 unspecified atom stereocenters. The third kappa shape index (κ3) is 3.86. The highest BCUT2D eigenvalue weighted by Gasteiger charge is 2.49. The summed E-state index contributed by atoms with van der Waals surface area (Å²) >= 11 is 0. The van der Waals surface area contributed by atoms with Gasteiger partial charge in [0.15, 0.2) is 0 Å². The van der Waals surface area contributed by atoms with Crippen LogP contribution in [0.4, 0.5) is 0 Å². The molecule has 2 N–H and O–H groups in total. The average Bonchev–Trinajstić information content (AvgIpc) is 2.66. The molecular weight excluding hydrogens is 332 g/mol. The lowest BCUT2D eigenvalue weighted by Crippen LogP contribution is -2.56. The minimum atomic E-state index is -1.21. The van der Waals surface area contributed by atoms with Crippen LogP contribution in [0.15, 0.2) is 48.7 Å². The second-order valence-corrected chi connectivity index (χ2v) is 6.85. The van der Waals surface area contributed by atoms with Crippen LogP contribution >= 0.6 is 0 Å². The molecule has 0 bridgehead atoms. The van der Waals surface area contributed by atoms with E-state index < -0.39 is 17.5 Å². The maximum atomic E-state index is 12.2. The molecule has 0 amide bonds. The molecule has 1 saturated heterocycles. The highest BCUT2D eigenvalue weighted by molar-refractivity contribution is 5.76. The van der Waals surface area contributed by atoms with Gasteiger partial charge in [-0.1, -0.05) is 36.4 Å². The number of hydrogen-bond acceptors (Lipinski definition) is 5. The second kappa shape index (κ2) is 7.85. The number of ether oxygens (including phenoxy) is 1. The molecule has 0 saturated carbocycles. The molecule has 0 spiro atoms. The number of rotatable bonds is 6. The van der Waals surface area contributed by atoms with Crippen molar-refractivity contribution in [2.75, 3.05) is 20.2 Å². The number of piperidine rings is 1. The normalized spacial score (nSPS) is 23.5. The van der Waals surface area contributed by atoms with Crippen LogP contribution in [-0.4, -0.2) is 52.4 Å². The van der Waals surface area contributed by atoms with Crippen molar-refractivity contribution in [2.45, 2.75) is 25.5 Å². The lowest BCUT2D eigenvalue weighted by Gasteiger charge is -2.43. The minimum Gasteiger partial charge on any atom is -0.481 e. The van der Waals surface area contributed by atoms with Crippen LogP contribution in [0, 0.1) is 5.41 Å². The summed E-state index contributed by atoms with van der Waals surface area (Å²) in [5.41, 5.74) is 0.697. The molecule has 1 aromatic heterocycles. The third-order valence-electron chi connectivity index (χ3n) is 5.06. The summed E-state index contributed by atoms with van der Waals surface area (Å²) in [7, 11) is 1.57. The van der Waals surface area contributed by atoms with Crippen LogP contribution in [0.2, 0.25) is 0 Å². The Hall–Kier alpha value is -2.44. The first-order chi connectivity index (χ1) is 12.5. The number of aromatic nitrogens is 1. The summed E-state index contributed by atoms with van der Waals surface area (Å²) < 4.78 is 5.07. The van der Waals surface area contributed by atoms with Crippen LogP contribution in [0.5, 0.6) is 5.88 Å². The fourth-order valence-electron chi connectivity index (χ4n) is 3.60. The third-order valence-corrected chi connectivity index (χ3v) is 5.06. The zero-order valence-electron chi connectivity index (χ0n) is 14.8. The predicted molar refractivity (Wildman–Crippen MR) is 96.9 cm³/mol. The molecule has 0 aliphatic carbocycles. The van der Waals surface area contributed by atoms with Gasteiger partial charge in [-0.15, -0.1) is 0 Å². The molecule has 1 aliphatic rings. The van der Waals surface area contributed by atoms with Crippen LogP contribution in [0.3, 0.4) is 0 Å². The zero-order chi connectivity index (χ0) is 18.6. The Bertz CT molecular complexity index is 735. The van der Waals surface area contributed by atoms with Crippen molar-refractivity contribution in [3.8, 4) is 5.88 Å². The van der Waals surface area contributed by atoms with E-state index in [0.717, 1.165) is 11.1 Å². The molecule has 2 aromatic rings. The molecule has 1 fully saturated rings. The van der Waals surface area contributed by atoms with E-state index in [0.29, 0.717) is 38.4 Å². The van der Waals surface area contributed by atoms with E-state index in [9.17, 15) is 15.0 Å². The Morgan fingerprint density at radius 2 is 2.04 bits per heavy atom. The van der Waals surface area contributed by atoms with E-state index >= 15 is 0 Å². The fourth-order valence-corrected chi connectivity index (χ4v) is 3.60. The van der Waals surface area contributed by atoms with Crippen molar-refractivity contribution >= 4 is 5.97 Å². The number of likely N-dealkylation sites (tertiary alicyclic amines) is 1. The maximum absolute atomic E-state index is 12.2. The summed E-state index contributed by atoms with van der Waals surface area (Å²) in [5.74, 6) is -0.404. The van der Waals surface area contributed by atoms with Gasteiger partial charge in [-0.25, -0.2) is 4.98 Å². The maximum Gasteiger partial charge on any atom is 0.313 e. The Labute approximate surface area is 153 Å². The van der Waals surface area contributed by atoms with Crippen LogP contribution in [0.25, 0.3) is 0 Å². The molecular formula is C20H24N2O4. The number of aliphatic hydroxyl groups excluding tert-OH is 1. The molecule has 6 nitrogen and oxygen atoms in total. The predicted octanol–water partition coefficient (Wildman–Crippen LogP) is 1.97. The van der Waals surface area contributed by atoms with Gasteiger partial charge in [0.05, 0.1) is 13.2 Å². The Balaban J connectivity index is 1.78. The fraction of sp³-hybridized carbons (Fsp3) is 0.400. The lowest BCUT2D eigenvalue weighted by atomic mass is 9.73. The largest absolute Gasteiger partial charge is 0.481 e. The molecule has 2 atom stereocenters. The summed E-state index contributed by atoms with van der Waals surface area (Å²) in [6, 6.07) is 13.2. The van der Waals surface area contributed by atoms with Crippen LogP contribution in [0.1, 0.15) is 17.5 Å². The molecule has 1 aromatic carbocycles. The summed E-state index contributed by atoms with van der Waals surface area (Å²) in [5, 5.41) is 20.5. The van der Waals surface area contributed by atoms with Crippen LogP contribution < -0.4 is 4.74 Å². The number of carboxylic acids is 1. The van der Waals surface area contributed by atoms with Crippen molar-refractivity contribution < 1.29 is 19.7 Å². The van der Waals surface area contributed by atoms with E-state index in [2.05, 4.69) is 9.88 Å². The van der Waals surface area contributed by atoms with Gasteiger partial charge in [0.2, 0.25) is 5.88 Å². The van der Waals surface area contributed by atoms with Crippen molar-refractivity contribution in [3.05, 3.63) is 59.8 Å². The van der Waals surface area contributed by atoms with E-state index in [1.807, 2.05) is 36.4 Å². The van der Waals surface area contributed by atoms with Gasteiger partial charge in [-0.3, -0.25) is 9.69 Å². The summed E-state index contributed by atoms with van der Waals surface area (Å²) in [4.78, 5) is 18.4. The highest BCUT2D eigenvalue weighted by atomic mass is 16.5. The minimum absolute atomic E-state index is 0.296. The van der Waals surface area contributed by atoms with Gasteiger partial charge < -0.3 is 14.9 Å². The molecule has 6 heteroatoms. The highest BCUT2D eigenvalue weighted by Crippen LogP contribution is 2.35. The molecule has 2 heterocycles. The van der Waals surface area contributed by atoms with E-state index in [4.69, 9.17) is 4.74 Å². The number of aliphatic hydroxyl groups is 1. The average molecular weight is 356 g/mol. The van der Waals surface area contributed by atoms with Gasteiger partial charge in [-0.05, 0) is 24.0 Å². The Morgan fingerprint density at radius 3 is 2.65 bits per heavy atom. The van der Waals surface area contributed by atoms with Crippen molar-refractivity contribution in [1.82, 2.24) is 9.88 Å². The van der Waals surface area contributed by atoms with Crippen molar-refractivity contribution in [2.24, 2.45) is 5.41 Å². The van der Waals surface area contributed by atoms with Crippen LogP contribution in [-0.2, 0) is 17.8 Å². The monoisotopic (exact) mass is 356 g/mol. The molecule has 26 heavy (non-hydrogen) atoms. The van der Waals surface area contributed by atoms with E-state index in [1.165, 1.54) is 0 Å². The standard InChI is InChI=1S/C20H24N2O4/c1-26-18-8-7-16(12-21-18)13-22-10-9-17(23)20(14-22,19(24)25)11-15-5-3-2-4-6-15/h2-8,12,17,23H,9-11,13-14H2,1H3,(H,24,25)/t17-,20+/m0/s1. The number of benzene rings is 1. The molecule has 1 aliphatic heterocycles. The number of carbonyl (C=O) groups is 1. The first kappa shape index (κ1) is 18.4.